The Bertz CT molecular complexity index is 1140. The highest BCUT2D eigenvalue weighted by molar-refractivity contribution is 7.80. The Morgan fingerprint density at radius 2 is 2.09 bits per heavy atom. The van der Waals surface area contributed by atoms with Crippen molar-refractivity contribution in [1.29, 1.82) is 0 Å². The molecular weight excluding hydrogens is 441 g/mol. The fourth-order valence-electron chi connectivity index (χ4n) is 3.81. The molecular formula is C23H28FN7OS. The number of nitrogens with zero attached hydrogens (tertiary/aromatic N) is 3. The molecule has 1 aliphatic rings. The van der Waals surface area contributed by atoms with E-state index in [4.69, 9.17) is 17.0 Å². The second-order valence-electron chi connectivity index (χ2n) is 8.05. The minimum Gasteiger partial charge on any atom is -0.376 e. The van der Waals surface area contributed by atoms with Crippen LogP contribution >= 0.6 is 12.2 Å². The zero-order chi connectivity index (χ0) is 23.2. The fraction of sp³-hybridized carbons (Fsp3) is 0.391. The molecule has 1 aliphatic heterocycles. The zero-order valence-corrected chi connectivity index (χ0v) is 19.6. The summed E-state index contributed by atoms with van der Waals surface area (Å²) in [7, 11) is 0. The Hall–Kier alpha value is -3.11. The first-order valence-corrected chi connectivity index (χ1v) is 11.4. The average molecular weight is 470 g/mol. The number of halogens is 1. The van der Waals surface area contributed by atoms with E-state index in [-0.39, 0.29) is 11.9 Å². The quantitative estimate of drug-likeness (QED) is 0.250. The summed E-state index contributed by atoms with van der Waals surface area (Å²) in [6, 6.07) is 6.62. The number of guanidine groups is 1. The van der Waals surface area contributed by atoms with Crippen LogP contribution < -0.4 is 16.0 Å². The fourth-order valence-corrected chi connectivity index (χ4v) is 3.99. The van der Waals surface area contributed by atoms with Crippen LogP contribution in [0.5, 0.6) is 0 Å². The Kier molecular flexibility index (Phi) is 7.46. The standard InChI is InChI=1S/C23H28FN7OS/c1-14-10-15(2)29-22(28-14)30-21(31-23(33)27-13-18-4-3-9-32-18)25-8-7-16-12-26-20-6-5-17(24)11-19(16)20/h5-6,10-12,18,26H,3-4,7-9,13H2,1-2H3,(H3,25,27,28,29,30,31,33). The van der Waals surface area contributed by atoms with Gasteiger partial charge in [-0.3, -0.25) is 10.3 Å². The lowest BCUT2D eigenvalue weighted by Crippen LogP contribution is -2.45. The minimum atomic E-state index is -0.259. The Morgan fingerprint density at radius 3 is 2.85 bits per heavy atom. The van der Waals surface area contributed by atoms with Crippen molar-refractivity contribution in [2.75, 3.05) is 25.0 Å². The highest BCUT2D eigenvalue weighted by Crippen LogP contribution is 2.20. The molecule has 8 nitrogen and oxygen atoms in total. The maximum atomic E-state index is 13.7. The van der Waals surface area contributed by atoms with E-state index in [0.717, 1.165) is 47.3 Å². The highest BCUT2D eigenvalue weighted by Gasteiger charge is 2.16. The van der Waals surface area contributed by atoms with Crippen molar-refractivity contribution >= 4 is 40.1 Å². The van der Waals surface area contributed by atoms with Crippen LogP contribution in [0.2, 0.25) is 0 Å². The van der Waals surface area contributed by atoms with Crippen molar-refractivity contribution in [1.82, 2.24) is 25.6 Å². The molecule has 0 aliphatic carbocycles. The lowest BCUT2D eigenvalue weighted by Gasteiger charge is -2.16. The number of aromatic amines is 1. The van der Waals surface area contributed by atoms with E-state index in [2.05, 4.69) is 35.9 Å². The van der Waals surface area contributed by atoms with Gasteiger partial charge in [0.1, 0.15) is 5.82 Å². The van der Waals surface area contributed by atoms with E-state index in [0.29, 0.717) is 36.5 Å². The van der Waals surface area contributed by atoms with Crippen molar-refractivity contribution in [2.45, 2.75) is 39.2 Å². The van der Waals surface area contributed by atoms with Crippen LogP contribution in [0, 0.1) is 19.7 Å². The van der Waals surface area contributed by atoms with Gasteiger partial charge >= 0.3 is 0 Å². The molecule has 1 aromatic carbocycles. The van der Waals surface area contributed by atoms with Crippen LogP contribution in [-0.2, 0) is 11.2 Å². The lowest BCUT2D eigenvalue weighted by atomic mass is 10.1. The number of anilines is 1. The summed E-state index contributed by atoms with van der Waals surface area (Å²) in [6.07, 6.45) is 4.78. The molecule has 0 bridgehead atoms. The van der Waals surface area contributed by atoms with Gasteiger partial charge in [0.05, 0.1) is 6.10 Å². The third-order valence-corrected chi connectivity index (χ3v) is 5.59. The maximum Gasteiger partial charge on any atom is 0.229 e. The number of aromatic nitrogens is 3. The van der Waals surface area contributed by atoms with E-state index in [9.17, 15) is 4.39 Å². The van der Waals surface area contributed by atoms with E-state index in [1.54, 1.807) is 6.07 Å². The van der Waals surface area contributed by atoms with Crippen LogP contribution in [-0.4, -0.2) is 51.8 Å². The van der Waals surface area contributed by atoms with Gasteiger partial charge in [-0.05, 0) is 75.2 Å². The Morgan fingerprint density at radius 1 is 1.27 bits per heavy atom. The number of nitrogens with one attached hydrogen (secondary N) is 4. The summed E-state index contributed by atoms with van der Waals surface area (Å²) in [4.78, 5) is 16.7. The zero-order valence-electron chi connectivity index (χ0n) is 18.7. The lowest BCUT2D eigenvalue weighted by molar-refractivity contribution is 0.114. The highest BCUT2D eigenvalue weighted by atomic mass is 32.1. The summed E-state index contributed by atoms with van der Waals surface area (Å²) in [5.74, 6) is 0.621. The molecule has 174 valence electrons. The van der Waals surface area contributed by atoms with Crippen LogP contribution in [0.1, 0.15) is 29.8 Å². The number of aryl methyl sites for hydroxylation is 2. The molecule has 1 atom stereocenters. The molecule has 0 saturated carbocycles. The topological polar surface area (TPSA) is 99.2 Å². The summed E-state index contributed by atoms with van der Waals surface area (Å²) in [5, 5.41) is 10.7. The molecule has 3 heterocycles. The SMILES string of the molecule is Cc1cc(C)nc(NC(=NCCc2c[nH]c3ccc(F)cc23)NC(=S)NCC2CCCO2)n1. The number of benzene rings is 1. The molecule has 1 unspecified atom stereocenters. The van der Waals surface area contributed by atoms with Crippen molar-refractivity contribution in [3.05, 3.63) is 53.2 Å². The number of rotatable bonds is 6. The second-order valence-corrected chi connectivity index (χ2v) is 8.46. The number of ether oxygens (including phenoxy) is 1. The summed E-state index contributed by atoms with van der Waals surface area (Å²) >= 11 is 5.45. The number of H-pyrrole nitrogens is 1. The van der Waals surface area contributed by atoms with E-state index in [1.807, 2.05) is 26.1 Å². The predicted molar refractivity (Wildman–Crippen MR) is 132 cm³/mol. The molecule has 4 N–H and O–H groups in total. The van der Waals surface area contributed by atoms with Gasteiger partial charge in [-0.1, -0.05) is 0 Å². The van der Waals surface area contributed by atoms with Gasteiger partial charge < -0.3 is 20.4 Å². The normalized spacial score (nSPS) is 16.2. The molecule has 1 saturated heterocycles. The second kappa shape index (κ2) is 10.7. The van der Waals surface area contributed by atoms with E-state index >= 15 is 0 Å². The molecule has 0 spiro atoms. The Labute approximate surface area is 197 Å². The first-order valence-electron chi connectivity index (χ1n) is 11.0. The first kappa shape index (κ1) is 23.1. The first-order chi connectivity index (χ1) is 16.0. The van der Waals surface area contributed by atoms with Crippen molar-refractivity contribution in [2.24, 2.45) is 4.99 Å². The van der Waals surface area contributed by atoms with Crippen LogP contribution in [0.3, 0.4) is 0 Å². The van der Waals surface area contributed by atoms with E-state index in [1.165, 1.54) is 12.1 Å². The van der Waals surface area contributed by atoms with Gasteiger partial charge in [0.15, 0.2) is 5.11 Å². The molecule has 33 heavy (non-hydrogen) atoms. The summed E-state index contributed by atoms with van der Waals surface area (Å²) < 4.78 is 19.3. The largest absolute Gasteiger partial charge is 0.376 e. The van der Waals surface area contributed by atoms with E-state index < -0.39 is 0 Å². The van der Waals surface area contributed by atoms with Gasteiger partial charge in [0.2, 0.25) is 11.9 Å². The summed E-state index contributed by atoms with van der Waals surface area (Å²) in [5.41, 5.74) is 3.60. The summed E-state index contributed by atoms with van der Waals surface area (Å²) in [6.45, 7) is 5.71. The number of thiocarbonyl (C=S) groups is 1. The van der Waals surface area contributed by atoms with Crippen molar-refractivity contribution in [3.8, 4) is 0 Å². The smallest absolute Gasteiger partial charge is 0.229 e. The molecule has 0 radical (unpaired) electrons. The third-order valence-electron chi connectivity index (χ3n) is 5.34. The van der Waals surface area contributed by atoms with Crippen molar-refractivity contribution < 1.29 is 9.13 Å². The molecule has 10 heteroatoms. The molecule has 0 amide bonds. The van der Waals surface area contributed by atoms with Gasteiger partial charge in [0.25, 0.3) is 0 Å². The van der Waals surface area contributed by atoms with Gasteiger partial charge in [-0.2, -0.15) is 0 Å². The molecule has 3 aromatic rings. The van der Waals surface area contributed by atoms with Crippen LogP contribution in [0.25, 0.3) is 10.9 Å². The molecule has 1 fully saturated rings. The van der Waals surface area contributed by atoms with Gasteiger partial charge in [0, 0.05) is 48.2 Å². The number of hydrogen-bond donors (Lipinski definition) is 4. The monoisotopic (exact) mass is 469 g/mol. The van der Waals surface area contributed by atoms with Gasteiger partial charge in [-0.25, -0.2) is 14.4 Å². The van der Waals surface area contributed by atoms with Crippen LogP contribution in [0.15, 0.2) is 35.5 Å². The maximum absolute atomic E-state index is 13.7. The van der Waals surface area contributed by atoms with Crippen LogP contribution in [0.4, 0.5) is 10.3 Å². The number of hydrogen-bond acceptors (Lipinski definition) is 5. The predicted octanol–water partition coefficient (Wildman–Crippen LogP) is 3.37. The van der Waals surface area contributed by atoms with Crippen molar-refractivity contribution in [3.63, 3.8) is 0 Å². The number of aliphatic imine (C=N–C) groups is 1. The van der Waals surface area contributed by atoms with Gasteiger partial charge in [-0.15, -0.1) is 0 Å². The Balaban J connectivity index is 1.44. The average Bonchev–Trinajstić information content (AvgIpc) is 3.41. The number of fused-ring (bicyclic) bond motifs is 1. The molecule has 2 aromatic heterocycles. The minimum absolute atomic E-state index is 0.170. The third kappa shape index (κ3) is 6.45. The molecule has 4 rings (SSSR count).